The van der Waals surface area contributed by atoms with E-state index in [1.165, 1.54) is 12.8 Å². The minimum absolute atomic E-state index is 0.248. The molecule has 0 saturated carbocycles. The highest BCUT2D eigenvalue weighted by Crippen LogP contribution is 1.98. The second-order valence-electron chi connectivity index (χ2n) is 5.13. The van der Waals surface area contributed by atoms with E-state index < -0.39 is 0 Å². The molecule has 0 saturated heterocycles. The Labute approximate surface area is 95.0 Å². The molecule has 0 fully saturated rings. The van der Waals surface area contributed by atoms with Crippen molar-refractivity contribution in [3.63, 3.8) is 0 Å². The lowest BCUT2D eigenvalue weighted by Crippen LogP contribution is -2.36. The number of rotatable bonds is 8. The summed E-state index contributed by atoms with van der Waals surface area (Å²) in [7, 11) is 1.75. The average Bonchev–Trinajstić information content (AvgIpc) is 2.14. The van der Waals surface area contributed by atoms with Gasteiger partial charge in [0.2, 0.25) is 0 Å². The van der Waals surface area contributed by atoms with Crippen LogP contribution in [-0.4, -0.2) is 38.4 Å². The van der Waals surface area contributed by atoms with Gasteiger partial charge in [0, 0.05) is 19.2 Å². The topological polar surface area (TPSA) is 33.3 Å². The van der Waals surface area contributed by atoms with Gasteiger partial charge in [0.05, 0.1) is 6.10 Å². The quantitative estimate of drug-likeness (QED) is 0.607. The van der Waals surface area contributed by atoms with Gasteiger partial charge in [-0.2, -0.15) is 0 Å². The molecule has 92 valence electrons. The molecule has 1 unspecified atom stereocenters. The Morgan fingerprint density at radius 2 is 1.73 bits per heavy atom. The fraction of sp³-hybridized carbons (Fsp3) is 1.00. The molecule has 2 N–H and O–H groups in total. The minimum Gasteiger partial charge on any atom is -0.380 e. The van der Waals surface area contributed by atoms with E-state index in [4.69, 9.17) is 4.74 Å². The fourth-order valence-corrected chi connectivity index (χ4v) is 1.23. The first-order valence-corrected chi connectivity index (χ1v) is 5.94. The van der Waals surface area contributed by atoms with Gasteiger partial charge >= 0.3 is 0 Å². The molecule has 0 bridgehead atoms. The van der Waals surface area contributed by atoms with Crippen LogP contribution in [0.15, 0.2) is 0 Å². The zero-order valence-corrected chi connectivity index (χ0v) is 11.0. The predicted molar refractivity (Wildman–Crippen MR) is 66.3 cm³/mol. The molecule has 0 aliphatic heterocycles. The third kappa shape index (κ3) is 11.8. The smallest absolute Gasteiger partial charge is 0.0667 e. The zero-order chi connectivity index (χ0) is 11.7. The Bertz CT molecular complexity index is 143. The van der Waals surface area contributed by atoms with Crippen molar-refractivity contribution in [2.75, 3.05) is 26.7 Å². The maximum Gasteiger partial charge on any atom is 0.0667 e. The second-order valence-corrected chi connectivity index (χ2v) is 5.13. The molecule has 0 aliphatic rings. The van der Waals surface area contributed by atoms with E-state index in [9.17, 15) is 0 Å². The Kier molecular flexibility index (Phi) is 8.02. The van der Waals surface area contributed by atoms with E-state index in [2.05, 4.69) is 38.3 Å². The van der Waals surface area contributed by atoms with Crippen molar-refractivity contribution in [3.05, 3.63) is 0 Å². The molecule has 0 aromatic rings. The van der Waals surface area contributed by atoms with Gasteiger partial charge < -0.3 is 15.4 Å². The number of hydrogen-bond acceptors (Lipinski definition) is 3. The first-order valence-electron chi connectivity index (χ1n) is 5.94. The number of nitrogens with one attached hydrogen (secondary N) is 2. The van der Waals surface area contributed by atoms with Crippen LogP contribution in [0.5, 0.6) is 0 Å². The summed E-state index contributed by atoms with van der Waals surface area (Å²) in [6, 6.07) is 0. The van der Waals surface area contributed by atoms with Gasteiger partial charge in [0.25, 0.3) is 0 Å². The molecule has 3 nitrogen and oxygen atoms in total. The number of unbranched alkanes of at least 4 members (excludes halogenated alkanes) is 1. The van der Waals surface area contributed by atoms with Crippen LogP contribution < -0.4 is 10.6 Å². The van der Waals surface area contributed by atoms with Crippen LogP contribution in [0, 0.1) is 0 Å². The first-order chi connectivity index (χ1) is 6.95. The normalized spacial score (nSPS) is 14.2. The van der Waals surface area contributed by atoms with E-state index in [0.717, 1.165) is 19.6 Å². The van der Waals surface area contributed by atoms with Gasteiger partial charge in [-0.15, -0.1) is 0 Å². The first kappa shape index (κ1) is 14.9. The van der Waals surface area contributed by atoms with Crippen molar-refractivity contribution in [1.29, 1.82) is 0 Å². The van der Waals surface area contributed by atoms with E-state index in [1.54, 1.807) is 7.11 Å². The van der Waals surface area contributed by atoms with Crippen LogP contribution >= 0.6 is 0 Å². The lowest BCUT2D eigenvalue weighted by molar-refractivity contribution is 0.117. The Balaban J connectivity index is 3.12. The van der Waals surface area contributed by atoms with Crippen molar-refractivity contribution in [1.82, 2.24) is 10.6 Å². The largest absolute Gasteiger partial charge is 0.380 e. The SMILES string of the molecule is COC(C)CNCCCCNC(C)(C)C. The summed E-state index contributed by atoms with van der Waals surface area (Å²) in [4.78, 5) is 0. The van der Waals surface area contributed by atoms with Gasteiger partial charge in [0.15, 0.2) is 0 Å². The molecule has 0 radical (unpaired) electrons. The van der Waals surface area contributed by atoms with Crippen LogP contribution in [0.2, 0.25) is 0 Å². The molecule has 0 aromatic carbocycles. The van der Waals surface area contributed by atoms with Crippen molar-refractivity contribution in [3.8, 4) is 0 Å². The highest BCUT2D eigenvalue weighted by Gasteiger charge is 2.06. The number of ether oxygens (including phenoxy) is 1. The summed E-state index contributed by atoms with van der Waals surface area (Å²) in [5, 5.41) is 6.86. The van der Waals surface area contributed by atoms with E-state index in [-0.39, 0.29) is 5.54 Å². The van der Waals surface area contributed by atoms with Gasteiger partial charge in [-0.25, -0.2) is 0 Å². The van der Waals surface area contributed by atoms with Crippen LogP contribution in [-0.2, 0) is 4.74 Å². The molecule has 3 heteroatoms. The van der Waals surface area contributed by atoms with Crippen LogP contribution in [0.3, 0.4) is 0 Å². The van der Waals surface area contributed by atoms with Crippen LogP contribution in [0.4, 0.5) is 0 Å². The molecular formula is C12H28N2O. The maximum absolute atomic E-state index is 5.15. The van der Waals surface area contributed by atoms with Gasteiger partial charge in [-0.1, -0.05) is 0 Å². The Morgan fingerprint density at radius 3 is 2.27 bits per heavy atom. The van der Waals surface area contributed by atoms with Gasteiger partial charge in [0.1, 0.15) is 0 Å². The molecule has 0 heterocycles. The standard InChI is InChI=1S/C12H28N2O/c1-11(15-5)10-13-8-6-7-9-14-12(2,3)4/h11,13-14H,6-10H2,1-5H3. The lowest BCUT2D eigenvalue weighted by Gasteiger charge is -2.20. The lowest BCUT2D eigenvalue weighted by atomic mass is 10.1. The fourth-order valence-electron chi connectivity index (χ4n) is 1.23. The summed E-state index contributed by atoms with van der Waals surface area (Å²) < 4.78 is 5.15. The third-order valence-electron chi connectivity index (χ3n) is 2.27. The molecule has 0 amide bonds. The third-order valence-corrected chi connectivity index (χ3v) is 2.27. The van der Waals surface area contributed by atoms with Gasteiger partial charge in [-0.3, -0.25) is 0 Å². The van der Waals surface area contributed by atoms with E-state index in [0.29, 0.717) is 6.10 Å². The van der Waals surface area contributed by atoms with Crippen LogP contribution in [0.25, 0.3) is 0 Å². The van der Waals surface area contributed by atoms with Crippen molar-refractivity contribution < 1.29 is 4.74 Å². The number of hydrogen-bond donors (Lipinski definition) is 2. The van der Waals surface area contributed by atoms with Crippen molar-refractivity contribution >= 4 is 0 Å². The molecule has 15 heavy (non-hydrogen) atoms. The average molecular weight is 216 g/mol. The van der Waals surface area contributed by atoms with E-state index >= 15 is 0 Å². The van der Waals surface area contributed by atoms with Crippen molar-refractivity contribution in [2.45, 2.75) is 52.2 Å². The summed E-state index contributed by atoms with van der Waals surface area (Å²) in [5.74, 6) is 0. The number of methoxy groups -OCH3 is 1. The monoisotopic (exact) mass is 216 g/mol. The summed E-state index contributed by atoms with van der Waals surface area (Å²) in [6.07, 6.45) is 2.77. The predicted octanol–water partition coefficient (Wildman–Crippen LogP) is 1.78. The molecular weight excluding hydrogens is 188 g/mol. The summed E-state index contributed by atoms with van der Waals surface area (Å²) >= 11 is 0. The molecule has 0 aliphatic carbocycles. The van der Waals surface area contributed by atoms with E-state index in [1.807, 2.05) is 0 Å². The summed E-state index contributed by atoms with van der Waals surface area (Å²) in [5.41, 5.74) is 0.248. The molecule has 0 rings (SSSR count). The van der Waals surface area contributed by atoms with Gasteiger partial charge in [-0.05, 0) is 53.6 Å². The molecule has 0 spiro atoms. The zero-order valence-electron chi connectivity index (χ0n) is 11.0. The van der Waals surface area contributed by atoms with Crippen molar-refractivity contribution in [2.24, 2.45) is 0 Å². The second kappa shape index (κ2) is 8.08. The van der Waals surface area contributed by atoms with Crippen LogP contribution in [0.1, 0.15) is 40.5 Å². The molecule has 0 aromatic heterocycles. The Hall–Kier alpha value is -0.120. The minimum atomic E-state index is 0.248. The Morgan fingerprint density at radius 1 is 1.13 bits per heavy atom. The molecule has 1 atom stereocenters. The highest BCUT2D eigenvalue weighted by atomic mass is 16.5. The highest BCUT2D eigenvalue weighted by molar-refractivity contribution is 4.69. The maximum atomic E-state index is 5.15. The summed E-state index contributed by atoms with van der Waals surface area (Å²) in [6.45, 7) is 11.8.